The van der Waals surface area contributed by atoms with E-state index < -0.39 is 11.0 Å². The molecule has 1 atom stereocenters. The SMILES string of the molecule is CC1C(=O)NC(=O)CN1Cc1ccc(Br)c([N+](=O)[O-])c1. The van der Waals surface area contributed by atoms with Gasteiger partial charge in [0.05, 0.1) is 22.0 Å². The third-order valence-electron chi connectivity index (χ3n) is 3.13. The molecule has 0 aliphatic carbocycles. The minimum Gasteiger partial charge on any atom is -0.294 e. The molecule has 1 unspecified atom stereocenters. The van der Waals surface area contributed by atoms with Crippen molar-refractivity contribution in [1.29, 1.82) is 0 Å². The van der Waals surface area contributed by atoms with Crippen LogP contribution in [0, 0.1) is 10.1 Å². The molecule has 0 spiro atoms. The molecule has 1 fully saturated rings. The largest absolute Gasteiger partial charge is 0.294 e. The number of hydrogen-bond acceptors (Lipinski definition) is 5. The van der Waals surface area contributed by atoms with Crippen molar-refractivity contribution in [3.05, 3.63) is 38.3 Å². The third kappa shape index (κ3) is 3.02. The van der Waals surface area contributed by atoms with E-state index in [0.29, 0.717) is 16.6 Å². The Morgan fingerprint density at radius 1 is 1.50 bits per heavy atom. The Kier molecular flexibility index (Phi) is 4.15. The first-order chi connectivity index (χ1) is 9.38. The lowest BCUT2D eigenvalue weighted by molar-refractivity contribution is -0.385. The Morgan fingerprint density at radius 2 is 2.20 bits per heavy atom. The van der Waals surface area contributed by atoms with E-state index >= 15 is 0 Å². The van der Waals surface area contributed by atoms with Crippen LogP contribution in [0.25, 0.3) is 0 Å². The van der Waals surface area contributed by atoms with E-state index in [1.54, 1.807) is 24.0 Å². The van der Waals surface area contributed by atoms with Gasteiger partial charge >= 0.3 is 0 Å². The van der Waals surface area contributed by atoms with Crippen LogP contribution in [0.2, 0.25) is 0 Å². The zero-order valence-electron chi connectivity index (χ0n) is 10.6. The molecule has 20 heavy (non-hydrogen) atoms. The van der Waals surface area contributed by atoms with Crippen LogP contribution in [-0.2, 0) is 16.1 Å². The van der Waals surface area contributed by atoms with Crippen molar-refractivity contribution in [1.82, 2.24) is 10.2 Å². The highest BCUT2D eigenvalue weighted by Crippen LogP contribution is 2.26. The van der Waals surface area contributed by atoms with Gasteiger partial charge in [-0.15, -0.1) is 0 Å². The first-order valence-corrected chi connectivity index (χ1v) is 6.68. The van der Waals surface area contributed by atoms with Crippen LogP contribution >= 0.6 is 15.9 Å². The zero-order chi connectivity index (χ0) is 14.9. The Bertz CT molecular complexity index is 590. The van der Waals surface area contributed by atoms with Gasteiger partial charge < -0.3 is 0 Å². The van der Waals surface area contributed by atoms with Crippen LogP contribution in [-0.4, -0.2) is 34.2 Å². The molecule has 1 saturated heterocycles. The van der Waals surface area contributed by atoms with Crippen molar-refractivity contribution >= 4 is 33.4 Å². The van der Waals surface area contributed by atoms with Gasteiger partial charge in [-0.3, -0.25) is 29.9 Å². The lowest BCUT2D eigenvalue weighted by Gasteiger charge is -2.31. The van der Waals surface area contributed by atoms with Crippen molar-refractivity contribution in [3.8, 4) is 0 Å². The van der Waals surface area contributed by atoms with E-state index in [1.165, 1.54) is 6.07 Å². The normalized spacial score (nSPS) is 19.8. The molecule has 2 amide bonds. The molecule has 1 aliphatic rings. The highest BCUT2D eigenvalue weighted by atomic mass is 79.9. The summed E-state index contributed by atoms with van der Waals surface area (Å²) >= 11 is 3.11. The molecule has 0 saturated carbocycles. The standard InChI is InChI=1S/C12H12BrN3O4/c1-7-12(18)14-11(17)6-15(7)5-8-2-3-9(13)10(4-8)16(19)20/h2-4,7H,5-6H2,1H3,(H,14,17,18). The molecule has 1 heterocycles. The number of piperazine rings is 1. The predicted molar refractivity (Wildman–Crippen MR) is 73.8 cm³/mol. The molecule has 1 aromatic carbocycles. The summed E-state index contributed by atoms with van der Waals surface area (Å²) in [7, 11) is 0. The minimum atomic E-state index is -0.481. The van der Waals surface area contributed by atoms with Gasteiger partial charge in [-0.05, 0) is 34.5 Å². The average molecular weight is 342 g/mol. The Morgan fingerprint density at radius 3 is 2.85 bits per heavy atom. The molecule has 8 heteroatoms. The number of halogens is 1. The van der Waals surface area contributed by atoms with E-state index in [4.69, 9.17) is 0 Å². The van der Waals surface area contributed by atoms with E-state index in [1.807, 2.05) is 0 Å². The van der Waals surface area contributed by atoms with Crippen molar-refractivity contribution in [2.75, 3.05) is 6.54 Å². The molecule has 7 nitrogen and oxygen atoms in total. The maximum Gasteiger partial charge on any atom is 0.283 e. The number of nitrogens with zero attached hydrogens (tertiary/aromatic N) is 2. The first-order valence-electron chi connectivity index (χ1n) is 5.89. The fourth-order valence-electron chi connectivity index (χ4n) is 1.99. The Labute approximate surface area is 123 Å². The van der Waals surface area contributed by atoms with Gasteiger partial charge in [0, 0.05) is 12.6 Å². The number of nitrogens with one attached hydrogen (secondary N) is 1. The second kappa shape index (κ2) is 5.68. The van der Waals surface area contributed by atoms with Crippen LogP contribution in [0.1, 0.15) is 12.5 Å². The third-order valence-corrected chi connectivity index (χ3v) is 3.80. The summed E-state index contributed by atoms with van der Waals surface area (Å²) < 4.78 is 0.395. The highest BCUT2D eigenvalue weighted by Gasteiger charge is 2.30. The quantitative estimate of drug-likeness (QED) is 0.506. The van der Waals surface area contributed by atoms with Crippen LogP contribution in [0.5, 0.6) is 0 Å². The molecule has 0 radical (unpaired) electrons. The van der Waals surface area contributed by atoms with Gasteiger partial charge in [0.25, 0.3) is 5.69 Å². The molecule has 1 N–H and O–H groups in total. The van der Waals surface area contributed by atoms with Crippen molar-refractivity contribution in [2.45, 2.75) is 19.5 Å². The van der Waals surface area contributed by atoms with Crippen molar-refractivity contribution < 1.29 is 14.5 Å². The van der Waals surface area contributed by atoms with Crippen LogP contribution in [0.15, 0.2) is 22.7 Å². The van der Waals surface area contributed by atoms with Gasteiger partial charge in [-0.1, -0.05) is 6.07 Å². The maximum atomic E-state index is 11.5. The van der Waals surface area contributed by atoms with Crippen LogP contribution in [0.4, 0.5) is 5.69 Å². The predicted octanol–water partition coefficient (Wildman–Crippen LogP) is 1.20. The van der Waals surface area contributed by atoms with Crippen LogP contribution in [0.3, 0.4) is 0 Å². The summed E-state index contributed by atoms with van der Waals surface area (Å²) in [6.07, 6.45) is 0. The van der Waals surface area contributed by atoms with Gasteiger partial charge in [-0.25, -0.2) is 0 Å². The fourth-order valence-corrected chi connectivity index (χ4v) is 2.38. The number of nitro groups is 1. The summed E-state index contributed by atoms with van der Waals surface area (Å²) in [6.45, 7) is 2.08. The Hall–Kier alpha value is -1.80. The fraction of sp³-hybridized carbons (Fsp3) is 0.333. The average Bonchev–Trinajstić information content (AvgIpc) is 2.37. The summed E-state index contributed by atoms with van der Waals surface area (Å²) in [6, 6.07) is 4.30. The molecule has 1 aliphatic heterocycles. The van der Waals surface area contributed by atoms with Gasteiger partial charge in [0.1, 0.15) is 0 Å². The molecular weight excluding hydrogens is 330 g/mol. The lowest BCUT2D eigenvalue weighted by atomic mass is 10.1. The smallest absolute Gasteiger partial charge is 0.283 e. The second-order valence-electron chi connectivity index (χ2n) is 4.54. The number of rotatable bonds is 3. The second-order valence-corrected chi connectivity index (χ2v) is 5.39. The van der Waals surface area contributed by atoms with E-state index in [-0.39, 0.29) is 24.0 Å². The summed E-state index contributed by atoms with van der Waals surface area (Å²) in [4.78, 5) is 35.0. The molecular formula is C12H12BrN3O4. The molecule has 2 rings (SSSR count). The number of carbonyl (C=O) groups excluding carboxylic acids is 2. The number of benzene rings is 1. The number of nitro benzene ring substituents is 1. The van der Waals surface area contributed by atoms with Crippen LogP contribution < -0.4 is 5.32 Å². The van der Waals surface area contributed by atoms with E-state index in [0.717, 1.165) is 0 Å². The zero-order valence-corrected chi connectivity index (χ0v) is 12.2. The summed E-state index contributed by atoms with van der Waals surface area (Å²) in [5.41, 5.74) is 0.636. The maximum absolute atomic E-state index is 11.5. The first kappa shape index (κ1) is 14.6. The lowest BCUT2D eigenvalue weighted by Crippen LogP contribution is -2.56. The van der Waals surface area contributed by atoms with Gasteiger partial charge in [-0.2, -0.15) is 0 Å². The highest BCUT2D eigenvalue weighted by molar-refractivity contribution is 9.10. The molecule has 0 aromatic heterocycles. The molecule has 106 valence electrons. The van der Waals surface area contributed by atoms with Gasteiger partial charge in [0.15, 0.2) is 0 Å². The number of hydrogen-bond donors (Lipinski definition) is 1. The number of amides is 2. The molecule has 1 aromatic rings. The summed E-state index contributed by atoms with van der Waals surface area (Å²) in [5.74, 6) is -0.715. The Balaban J connectivity index is 2.21. The summed E-state index contributed by atoms with van der Waals surface area (Å²) in [5, 5.41) is 13.1. The molecule has 0 bridgehead atoms. The monoisotopic (exact) mass is 341 g/mol. The number of imide groups is 1. The van der Waals surface area contributed by atoms with E-state index in [2.05, 4.69) is 21.2 Å². The van der Waals surface area contributed by atoms with E-state index in [9.17, 15) is 19.7 Å². The van der Waals surface area contributed by atoms with Gasteiger partial charge in [0.2, 0.25) is 11.8 Å². The number of carbonyl (C=O) groups is 2. The van der Waals surface area contributed by atoms with Crippen molar-refractivity contribution in [2.24, 2.45) is 0 Å². The topological polar surface area (TPSA) is 92.6 Å². The minimum absolute atomic E-state index is 0.0389. The van der Waals surface area contributed by atoms with Crippen molar-refractivity contribution in [3.63, 3.8) is 0 Å².